The van der Waals surface area contributed by atoms with Gasteiger partial charge in [-0.3, -0.25) is 4.79 Å². The molecule has 0 radical (unpaired) electrons. The number of rotatable bonds is 5. The van der Waals surface area contributed by atoms with E-state index in [2.05, 4.69) is 10.2 Å². The van der Waals surface area contributed by atoms with Gasteiger partial charge in [-0.05, 0) is 37.2 Å². The molecule has 1 aromatic carbocycles. The second kappa shape index (κ2) is 9.48. The number of nitrogens with zero attached hydrogens (tertiary/aromatic N) is 1. The second-order valence-corrected chi connectivity index (χ2v) is 6.42. The van der Waals surface area contributed by atoms with Gasteiger partial charge in [-0.2, -0.15) is 0 Å². The number of carbonyl (C=O) groups is 1. The number of carbonyl (C=O) groups excluding carboxylic acids is 1. The predicted octanol–water partition coefficient (Wildman–Crippen LogP) is 2.52. The summed E-state index contributed by atoms with van der Waals surface area (Å²) in [7, 11) is 0. The largest absolute Gasteiger partial charge is 0.352 e. The molecule has 0 aromatic heterocycles. The first-order valence-corrected chi connectivity index (χ1v) is 8.05. The summed E-state index contributed by atoms with van der Waals surface area (Å²) in [5.74, 6) is 0.893. The Hall–Kier alpha value is -0.810. The number of likely N-dealkylation sites (tertiary alicyclic amines) is 1. The van der Waals surface area contributed by atoms with Crippen molar-refractivity contribution in [2.75, 3.05) is 19.6 Å². The molecule has 3 N–H and O–H groups in total. The van der Waals surface area contributed by atoms with E-state index in [4.69, 9.17) is 5.73 Å². The van der Waals surface area contributed by atoms with Crippen LogP contribution in [0.25, 0.3) is 0 Å². The summed E-state index contributed by atoms with van der Waals surface area (Å²) in [6.45, 7) is 3.45. The van der Waals surface area contributed by atoms with Crippen molar-refractivity contribution in [3.63, 3.8) is 0 Å². The Kier molecular flexibility index (Phi) is 8.34. The zero-order valence-corrected chi connectivity index (χ0v) is 15.0. The first-order chi connectivity index (χ1) is 10.2. The summed E-state index contributed by atoms with van der Waals surface area (Å²) in [6.07, 6.45) is 4.89. The van der Waals surface area contributed by atoms with Crippen LogP contribution in [0.1, 0.15) is 37.3 Å². The second-order valence-electron chi connectivity index (χ2n) is 6.42. The van der Waals surface area contributed by atoms with Gasteiger partial charge in [0.05, 0.1) is 0 Å². The fourth-order valence-electron chi connectivity index (χ4n) is 3.03. The van der Waals surface area contributed by atoms with E-state index >= 15 is 0 Å². The number of amides is 1. The van der Waals surface area contributed by atoms with E-state index in [0.717, 1.165) is 37.4 Å². The highest BCUT2D eigenvalue weighted by molar-refractivity contribution is 5.85. The monoisotopic (exact) mass is 359 g/mol. The minimum atomic E-state index is -0.560. The first-order valence-electron chi connectivity index (χ1n) is 8.05. The summed E-state index contributed by atoms with van der Waals surface area (Å²) in [6, 6.07) is 9.30. The molecule has 1 heterocycles. The number of nitrogens with two attached hydrogens (primary N) is 1. The average molecular weight is 360 g/mol. The number of nitrogens with one attached hydrogen (secondary N) is 1. The Balaban J connectivity index is 0.00000132. The third-order valence-electron chi connectivity index (χ3n) is 4.59. The molecule has 1 saturated carbocycles. The Labute approximate surface area is 151 Å². The normalized spacial score (nSPS) is 20.0. The molecule has 23 heavy (non-hydrogen) atoms. The Bertz CT molecular complexity index is 474. The van der Waals surface area contributed by atoms with Gasteiger partial charge in [-0.25, -0.2) is 0 Å². The third-order valence-corrected chi connectivity index (χ3v) is 4.59. The fourth-order valence-corrected chi connectivity index (χ4v) is 3.03. The van der Waals surface area contributed by atoms with E-state index in [1.54, 1.807) is 0 Å². The van der Waals surface area contributed by atoms with E-state index in [0.29, 0.717) is 0 Å². The van der Waals surface area contributed by atoms with E-state index in [1.165, 1.54) is 19.4 Å². The van der Waals surface area contributed by atoms with Crippen molar-refractivity contribution in [3.8, 4) is 0 Å². The summed E-state index contributed by atoms with van der Waals surface area (Å²) in [5.41, 5.74) is 6.91. The van der Waals surface area contributed by atoms with Gasteiger partial charge in [-0.1, -0.05) is 30.3 Å². The fraction of sp³-hybridized carbons (Fsp3) is 0.588. The van der Waals surface area contributed by atoms with Crippen LogP contribution < -0.4 is 11.1 Å². The molecule has 2 fully saturated rings. The minimum Gasteiger partial charge on any atom is -0.352 e. The van der Waals surface area contributed by atoms with E-state index in [9.17, 15) is 4.79 Å². The van der Waals surface area contributed by atoms with Crippen LogP contribution in [0.5, 0.6) is 0 Å². The first kappa shape index (κ1) is 20.2. The Morgan fingerprint density at radius 2 is 1.74 bits per heavy atom. The average Bonchev–Trinajstić information content (AvgIpc) is 3.33. The van der Waals surface area contributed by atoms with Gasteiger partial charge in [0.2, 0.25) is 5.91 Å². The van der Waals surface area contributed by atoms with Crippen LogP contribution >= 0.6 is 24.8 Å². The van der Waals surface area contributed by atoms with E-state index in [-0.39, 0.29) is 36.8 Å². The van der Waals surface area contributed by atoms with Crippen LogP contribution in [-0.4, -0.2) is 36.5 Å². The number of hydrogen-bond donors (Lipinski definition) is 2. The lowest BCUT2D eigenvalue weighted by Gasteiger charge is -2.32. The van der Waals surface area contributed by atoms with E-state index < -0.39 is 6.04 Å². The van der Waals surface area contributed by atoms with Crippen LogP contribution in [0.4, 0.5) is 0 Å². The maximum absolute atomic E-state index is 12.2. The molecule has 1 aliphatic heterocycles. The van der Waals surface area contributed by atoms with Crippen molar-refractivity contribution < 1.29 is 4.79 Å². The maximum atomic E-state index is 12.2. The van der Waals surface area contributed by atoms with Gasteiger partial charge >= 0.3 is 0 Å². The molecule has 130 valence electrons. The van der Waals surface area contributed by atoms with Crippen LogP contribution in [0, 0.1) is 5.92 Å². The molecule has 4 nitrogen and oxygen atoms in total. The smallest absolute Gasteiger partial charge is 0.241 e. The van der Waals surface area contributed by atoms with Gasteiger partial charge in [0, 0.05) is 25.7 Å². The lowest BCUT2D eigenvalue weighted by atomic mass is 10.0. The topological polar surface area (TPSA) is 58.4 Å². The summed E-state index contributed by atoms with van der Waals surface area (Å²) >= 11 is 0. The Morgan fingerprint density at radius 1 is 1.13 bits per heavy atom. The van der Waals surface area contributed by atoms with Crippen molar-refractivity contribution in [2.45, 2.75) is 37.8 Å². The van der Waals surface area contributed by atoms with Gasteiger partial charge in [0.25, 0.3) is 0 Å². The predicted molar refractivity (Wildman–Crippen MR) is 98.2 cm³/mol. The van der Waals surface area contributed by atoms with Crippen molar-refractivity contribution in [1.29, 1.82) is 0 Å². The van der Waals surface area contributed by atoms with Gasteiger partial charge < -0.3 is 16.0 Å². The molecule has 0 spiro atoms. The van der Waals surface area contributed by atoms with Crippen molar-refractivity contribution in [2.24, 2.45) is 11.7 Å². The van der Waals surface area contributed by atoms with Gasteiger partial charge in [0.1, 0.15) is 6.04 Å². The highest BCUT2D eigenvalue weighted by Gasteiger charge is 2.28. The zero-order valence-electron chi connectivity index (χ0n) is 13.3. The van der Waals surface area contributed by atoms with E-state index in [1.807, 2.05) is 30.3 Å². The highest BCUT2D eigenvalue weighted by Crippen LogP contribution is 2.30. The molecule has 2 aliphatic rings. The summed E-state index contributed by atoms with van der Waals surface area (Å²) in [5, 5.41) is 3.12. The van der Waals surface area contributed by atoms with Crippen LogP contribution in [-0.2, 0) is 4.79 Å². The summed E-state index contributed by atoms with van der Waals surface area (Å²) < 4.78 is 0. The molecule has 0 bridgehead atoms. The molecular formula is C17H27Cl2N3O. The van der Waals surface area contributed by atoms with Crippen LogP contribution in [0.15, 0.2) is 30.3 Å². The minimum absolute atomic E-state index is 0. The maximum Gasteiger partial charge on any atom is 0.241 e. The molecule has 1 unspecified atom stereocenters. The zero-order chi connectivity index (χ0) is 14.7. The number of halogens is 2. The number of hydrogen-bond acceptors (Lipinski definition) is 3. The van der Waals surface area contributed by atoms with Crippen LogP contribution in [0.3, 0.4) is 0 Å². The lowest BCUT2D eigenvalue weighted by Crippen LogP contribution is -2.47. The standard InChI is InChI=1S/C17H25N3O.2ClH/c18-16(14-4-2-1-3-5-14)17(21)19-15-8-10-20(11-9-15)12-13-6-7-13;;/h1-5,13,15-16H,6-12,18H2,(H,19,21);2*1H. The molecule has 1 aromatic rings. The van der Waals surface area contributed by atoms with Crippen molar-refractivity contribution in [1.82, 2.24) is 10.2 Å². The quantitative estimate of drug-likeness (QED) is 0.848. The van der Waals surface area contributed by atoms with Gasteiger partial charge in [0.15, 0.2) is 0 Å². The summed E-state index contributed by atoms with van der Waals surface area (Å²) in [4.78, 5) is 14.8. The molecule has 1 aliphatic carbocycles. The van der Waals surface area contributed by atoms with Crippen molar-refractivity contribution in [3.05, 3.63) is 35.9 Å². The van der Waals surface area contributed by atoms with Crippen LogP contribution in [0.2, 0.25) is 0 Å². The molecule has 6 heteroatoms. The molecule has 1 atom stereocenters. The SMILES string of the molecule is Cl.Cl.NC(C(=O)NC1CCN(CC2CC2)CC1)c1ccccc1. The van der Waals surface area contributed by atoms with Crippen molar-refractivity contribution >= 4 is 30.7 Å². The third kappa shape index (κ3) is 5.96. The molecule has 3 rings (SSSR count). The molecule has 1 amide bonds. The lowest BCUT2D eigenvalue weighted by molar-refractivity contribution is -0.123. The highest BCUT2D eigenvalue weighted by atomic mass is 35.5. The number of piperidine rings is 1. The van der Waals surface area contributed by atoms with Gasteiger partial charge in [-0.15, -0.1) is 24.8 Å². The molecular weight excluding hydrogens is 333 g/mol. The Morgan fingerprint density at radius 3 is 2.30 bits per heavy atom. The number of benzene rings is 1. The molecule has 1 saturated heterocycles.